The fraction of sp³-hybridized carbons (Fsp3) is 0.217. The first-order valence-electron chi connectivity index (χ1n) is 9.28. The molecular formula is C23H23ClN2O3S. The molecule has 7 heteroatoms. The third-order valence-corrected chi connectivity index (χ3v) is 5.95. The van der Waals surface area contributed by atoms with E-state index in [1.165, 1.54) is 17.3 Å². The maximum Gasteiger partial charge on any atom is 0.266 e. The second-order valence-electron chi connectivity index (χ2n) is 6.77. The van der Waals surface area contributed by atoms with E-state index in [-0.39, 0.29) is 5.91 Å². The normalized spacial score (nSPS) is 16.4. The van der Waals surface area contributed by atoms with Crippen LogP contribution in [0.3, 0.4) is 0 Å². The minimum atomic E-state index is -0.121. The Kier molecular flexibility index (Phi) is 6.90. The van der Waals surface area contributed by atoms with Crippen LogP contribution in [0.4, 0.5) is 5.69 Å². The molecule has 0 N–H and O–H groups in total. The Morgan fingerprint density at radius 1 is 1.23 bits per heavy atom. The van der Waals surface area contributed by atoms with Gasteiger partial charge in [0.2, 0.25) is 0 Å². The fourth-order valence-electron chi connectivity index (χ4n) is 2.81. The Bertz CT molecular complexity index is 1060. The zero-order chi connectivity index (χ0) is 21.8. The number of rotatable bonds is 6. The van der Waals surface area contributed by atoms with Gasteiger partial charge in [-0.05, 0) is 72.6 Å². The van der Waals surface area contributed by atoms with Crippen molar-refractivity contribution >= 4 is 46.2 Å². The van der Waals surface area contributed by atoms with Crippen LogP contribution in [0.25, 0.3) is 6.08 Å². The molecule has 1 heterocycles. The van der Waals surface area contributed by atoms with Crippen LogP contribution >= 0.6 is 23.4 Å². The summed E-state index contributed by atoms with van der Waals surface area (Å²) in [5.74, 6) is 0.814. The van der Waals surface area contributed by atoms with Crippen LogP contribution in [0.15, 0.2) is 52.9 Å². The molecule has 0 bridgehead atoms. The van der Waals surface area contributed by atoms with Crippen LogP contribution in [-0.2, 0) is 4.79 Å². The number of benzene rings is 2. The lowest BCUT2D eigenvalue weighted by Gasteiger charge is -2.12. The predicted molar refractivity (Wildman–Crippen MR) is 125 cm³/mol. The highest BCUT2D eigenvalue weighted by Gasteiger charge is 2.30. The Morgan fingerprint density at radius 2 is 2.00 bits per heavy atom. The summed E-state index contributed by atoms with van der Waals surface area (Å²) in [6.07, 6.45) is 3.41. The molecule has 2 aromatic carbocycles. The highest BCUT2D eigenvalue weighted by Crippen LogP contribution is 2.39. The first-order valence-corrected chi connectivity index (χ1v) is 10.5. The van der Waals surface area contributed by atoms with Gasteiger partial charge in [-0.2, -0.15) is 0 Å². The quantitative estimate of drug-likeness (QED) is 0.421. The van der Waals surface area contributed by atoms with E-state index in [1.807, 2.05) is 25.1 Å². The van der Waals surface area contributed by atoms with Crippen molar-refractivity contribution in [1.82, 2.24) is 4.90 Å². The van der Waals surface area contributed by atoms with Gasteiger partial charge in [-0.3, -0.25) is 9.69 Å². The fourth-order valence-corrected chi connectivity index (χ4v) is 4.07. The van der Waals surface area contributed by atoms with Gasteiger partial charge >= 0.3 is 0 Å². The van der Waals surface area contributed by atoms with E-state index in [4.69, 9.17) is 21.1 Å². The lowest BCUT2D eigenvalue weighted by molar-refractivity contribution is -0.121. The molecule has 30 heavy (non-hydrogen) atoms. The van der Waals surface area contributed by atoms with Crippen molar-refractivity contribution in [2.75, 3.05) is 20.8 Å². The van der Waals surface area contributed by atoms with Crippen molar-refractivity contribution in [3.8, 4) is 11.5 Å². The zero-order valence-corrected chi connectivity index (χ0v) is 18.9. The lowest BCUT2D eigenvalue weighted by Crippen LogP contribution is -2.23. The number of amides is 1. The number of thioether (sulfide) groups is 1. The number of carbonyl (C=O) groups is 1. The van der Waals surface area contributed by atoms with Crippen LogP contribution in [0, 0.1) is 13.8 Å². The van der Waals surface area contributed by atoms with Gasteiger partial charge < -0.3 is 9.47 Å². The van der Waals surface area contributed by atoms with Gasteiger partial charge in [0.15, 0.2) is 16.7 Å². The Labute approximate surface area is 186 Å². The van der Waals surface area contributed by atoms with E-state index in [0.29, 0.717) is 33.2 Å². The number of likely N-dealkylation sites (N-methyl/N-ethyl adjacent to an activating group) is 1. The molecule has 0 saturated carbocycles. The number of aryl methyl sites for hydroxylation is 2. The van der Waals surface area contributed by atoms with Gasteiger partial charge in [0.1, 0.15) is 6.61 Å². The molecule has 2 aromatic rings. The van der Waals surface area contributed by atoms with Gasteiger partial charge in [0.25, 0.3) is 5.91 Å². The summed E-state index contributed by atoms with van der Waals surface area (Å²) in [5, 5.41) is 1.02. The first kappa shape index (κ1) is 22.0. The molecule has 0 atom stereocenters. The Morgan fingerprint density at radius 3 is 2.67 bits per heavy atom. The van der Waals surface area contributed by atoms with Gasteiger partial charge in [-0.1, -0.05) is 30.3 Å². The molecular weight excluding hydrogens is 420 g/mol. The Hall–Kier alpha value is -2.70. The number of hydrogen-bond acceptors (Lipinski definition) is 5. The number of nitrogens with zero attached hydrogens (tertiary/aromatic N) is 2. The van der Waals surface area contributed by atoms with Crippen LogP contribution in [0.5, 0.6) is 11.5 Å². The van der Waals surface area contributed by atoms with Crippen LogP contribution in [-0.4, -0.2) is 36.7 Å². The molecule has 1 amide bonds. The molecule has 0 unspecified atom stereocenters. The minimum absolute atomic E-state index is 0.121. The third-order valence-electron chi connectivity index (χ3n) is 4.61. The van der Waals surface area contributed by atoms with Crippen LogP contribution in [0.2, 0.25) is 5.02 Å². The molecule has 3 rings (SSSR count). The molecule has 156 valence electrons. The van der Waals surface area contributed by atoms with Crippen molar-refractivity contribution in [3.05, 3.63) is 69.6 Å². The standard InChI is InChI=1S/C23H23ClN2O3S/c1-6-9-29-21-18(24)11-16(12-19(21)28-5)13-20-22(27)26(4)23(30-20)25-17-8-7-14(2)15(3)10-17/h6-8,10-13H,1,9H2,2-5H3/b20-13-,25-23?. The summed E-state index contributed by atoms with van der Waals surface area (Å²) in [6, 6.07) is 9.50. The number of halogens is 1. The highest BCUT2D eigenvalue weighted by atomic mass is 35.5. The van der Waals surface area contributed by atoms with Gasteiger partial charge in [-0.15, -0.1) is 0 Å². The number of carbonyl (C=O) groups excluding carboxylic acids is 1. The zero-order valence-electron chi connectivity index (χ0n) is 17.4. The SMILES string of the molecule is C=CCOc1c(Cl)cc(/C=C2\SC(=Nc3ccc(C)c(C)c3)N(C)C2=O)cc1OC. The molecule has 1 fully saturated rings. The summed E-state index contributed by atoms with van der Waals surface area (Å²) in [4.78, 5) is 19.5. The number of ether oxygens (including phenoxy) is 2. The number of aliphatic imine (C=N–C) groups is 1. The molecule has 5 nitrogen and oxygen atoms in total. The molecule has 0 aromatic heterocycles. The van der Waals surface area contributed by atoms with Crippen molar-refractivity contribution in [2.24, 2.45) is 4.99 Å². The molecule has 1 saturated heterocycles. The van der Waals surface area contributed by atoms with Gasteiger partial charge in [0.05, 0.1) is 22.7 Å². The third kappa shape index (κ3) is 4.71. The van der Waals surface area contributed by atoms with E-state index in [2.05, 4.69) is 18.5 Å². The second-order valence-corrected chi connectivity index (χ2v) is 8.19. The number of amidine groups is 1. The van der Waals surface area contributed by atoms with Crippen molar-refractivity contribution in [1.29, 1.82) is 0 Å². The van der Waals surface area contributed by atoms with E-state index in [9.17, 15) is 4.79 Å². The average Bonchev–Trinajstić information content (AvgIpc) is 2.97. The van der Waals surface area contributed by atoms with E-state index in [1.54, 1.807) is 43.3 Å². The van der Waals surface area contributed by atoms with E-state index < -0.39 is 0 Å². The van der Waals surface area contributed by atoms with Gasteiger partial charge in [0, 0.05) is 7.05 Å². The Balaban J connectivity index is 1.91. The average molecular weight is 443 g/mol. The van der Waals surface area contributed by atoms with Crippen molar-refractivity contribution in [3.63, 3.8) is 0 Å². The number of hydrogen-bond donors (Lipinski definition) is 0. The minimum Gasteiger partial charge on any atom is -0.493 e. The van der Waals surface area contributed by atoms with Crippen LogP contribution in [0.1, 0.15) is 16.7 Å². The van der Waals surface area contributed by atoms with E-state index >= 15 is 0 Å². The summed E-state index contributed by atoms with van der Waals surface area (Å²) in [5.41, 5.74) is 3.91. The summed E-state index contributed by atoms with van der Waals surface area (Å²) in [7, 11) is 3.26. The maximum atomic E-state index is 12.7. The summed E-state index contributed by atoms with van der Waals surface area (Å²) in [6.45, 7) is 8.05. The van der Waals surface area contributed by atoms with Crippen LogP contribution < -0.4 is 9.47 Å². The lowest BCUT2D eigenvalue weighted by atomic mass is 10.1. The summed E-state index contributed by atoms with van der Waals surface area (Å²) >= 11 is 7.69. The molecule has 0 aliphatic carbocycles. The van der Waals surface area contributed by atoms with Gasteiger partial charge in [-0.25, -0.2) is 4.99 Å². The smallest absolute Gasteiger partial charge is 0.266 e. The molecule has 0 spiro atoms. The predicted octanol–water partition coefficient (Wildman–Crippen LogP) is 5.76. The second kappa shape index (κ2) is 9.41. The largest absolute Gasteiger partial charge is 0.493 e. The number of methoxy groups -OCH3 is 1. The molecule has 0 radical (unpaired) electrons. The van der Waals surface area contributed by atoms with Crippen molar-refractivity contribution < 1.29 is 14.3 Å². The first-order chi connectivity index (χ1) is 14.3. The molecule has 1 aliphatic rings. The van der Waals surface area contributed by atoms with E-state index in [0.717, 1.165) is 16.8 Å². The summed E-state index contributed by atoms with van der Waals surface area (Å²) < 4.78 is 11.0. The molecule has 1 aliphatic heterocycles. The van der Waals surface area contributed by atoms with Crippen molar-refractivity contribution in [2.45, 2.75) is 13.8 Å². The maximum absolute atomic E-state index is 12.7. The monoisotopic (exact) mass is 442 g/mol. The topological polar surface area (TPSA) is 51.1 Å². The highest BCUT2D eigenvalue weighted by molar-refractivity contribution is 8.18.